The van der Waals surface area contributed by atoms with E-state index in [-0.39, 0.29) is 16.1 Å². The van der Waals surface area contributed by atoms with Crippen LogP contribution in [0.5, 0.6) is 0 Å². The SMILES string of the molecule is CCn1cc(NC(O)C(Cl)(Cl)Cl)c(=O)c2cc(F)c(Cl)cc21. The number of halogens is 5. The zero-order valence-corrected chi connectivity index (χ0v) is 14.2. The van der Waals surface area contributed by atoms with Crippen molar-refractivity contribution in [3.05, 3.63) is 39.4 Å². The Morgan fingerprint density at radius 1 is 1.41 bits per heavy atom. The molecule has 1 atom stereocenters. The van der Waals surface area contributed by atoms with Crippen molar-refractivity contribution in [2.75, 3.05) is 5.32 Å². The molecule has 0 aliphatic carbocycles. The maximum absolute atomic E-state index is 13.6. The van der Waals surface area contributed by atoms with Crippen LogP contribution in [0.15, 0.2) is 23.1 Å². The van der Waals surface area contributed by atoms with Crippen LogP contribution in [-0.4, -0.2) is 19.7 Å². The van der Waals surface area contributed by atoms with Crippen LogP contribution in [0, 0.1) is 5.82 Å². The van der Waals surface area contributed by atoms with E-state index in [1.807, 2.05) is 6.92 Å². The summed E-state index contributed by atoms with van der Waals surface area (Å²) in [6.45, 7) is 2.31. The van der Waals surface area contributed by atoms with Crippen LogP contribution in [0.1, 0.15) is 6.92 Å². The van der Waals surface area contributed by atoms with E-state index >= 15 is 0 Å². The number of hydrogen-bond donors (Lipinski definition) is 2. The van der Waals surface area contributed by atoms with Crippen molar-refractivity contribution in [3.8, 4) is 0 Å². The Kier molecular flexibility index (Phi) is 5.14. The van der Waals surface area contributed by atoms with Gasteiger partial charge in [0.05, 0.1) is 15.9 Å². The van der Waals surface area contributed by atoms with E-state index in [1.165, 1.54) is 12.3 Å². The van der Waals surface area contributed by atoms with E-state index < -0.39 is 21.3 Å². The summed E-state index contributed by atoms with van der Waals surface area (Å²) in [6.07, 6.45) is -0.163. The van der Waals surface area contributed by atoms with Gasteiger partial charge in [0.15, 0.2) is 6.23 Å². The number of benzene rings is 1. The van der Waals surface area contributed by atoms with Gasteiger partial charge in [-0.15, -0.1) is 0 Å². The molecule has 1 heterocycles. The lowest BCUT2D eigenvalue weighted by Crippen LogP contribution is -2.35. The van der Waals surface area contributed by atoms with Crippen molar-refractivity contribution < 1.29 is 9.50 Å². The van der Waals surface area contributed by atoms with Crippen molar-refractivity contribution in [1.29, 1.82) is 0 Å². The molecule has 2 N–H and O–H groups in total. The molecule has 22 heavy (non-hydrogen) atoms. The van der Waals surface area contributed by atoms with Gasteiger partial charge >= 0.3 is 0 Å². The fraction of sp³-hybridized carbons (Fsp3) is 0.308. The van der Waals surface area contributed by atoms with Crippen molar-refractivity contribution in [2.24, 2.45) is 0 Å². The Labute approximate surface area is 145 Å². The molecule has 0 fully saturated rings. The Hall–Kier alpha value is -0.720. The summed E-state index contributed by atoms with van der Waals surface area (Å²) in [5.41, 5.74) is -0.0914. The van der Waals surface area contributed by atoms with Gasteiger partial charge in [0.25, 0.3) is 0 Å². The highest BCUT2D eigenvalue weighted by atomic mass is 35.6. The number of aryl methyl sites for hydroxylation is 1. The number of nitrogens with zero attached hydrogens (tertiary/aromatic N) is 1. The van der Waals surface area contributed by atoms with Gasteiger partial charge in [0, 0.05) is 12.7 Å². The molecule has 2 rings (SSSR count). The van der Waals surface area contributed by atoms with Crippen LogP contribution in [0.3, 0.4) is 0 Å². The third-order valence-corrected chi connectivity index (χ3v) is 3.97. The van der Waals surface area contributed by atoms with Crippen LogP contribution in [-0.2, 0) is 6.54 Å². The van der Waals surface area contributed by atoms with Gasteiger partial charge < -0.3 is 15.0 Å². The minimum atomic E-state index is -2.02. The highest BCUT2D eigenvalue weighted by Crippen LogP contribution is 2.31. The number of alkyl halides is 3. The molecule has 1 unspecified atom stereocenters. The van der Waals surface area contributed by atoms with Gasteiger partial charge in [-0.1, -0.05) is 46.4 Å². The maximum atomic E-state index is 13.6. The summed E-state index contributed by atoms with van der Waals surface area (Å²) in [5, 5.41) is 12.2. The van der Waals surface area contributed by atoms with E-state index in [9.17, 15) is 14.3 Å². The molecule has 2 aromatic rings. The maximum Gasteiger partial charge on any atom is 0.234 e. The highest BCUT2D eigenvalue weighted by molar-refractivity contribution is 6.68. The van der Waals surface area contributed by atoms with Crippen molar-refractivity contribution in [2.45, 2.75) is 23.5 Å². The summed E-state index contributed by atoms with van der Waals surface area (Å²) in [7, 11) is 0. The molecule has 0 aliphatic heterocycles. The van der Waals surface area contributed by atoms with Crippen LogP contribution in [0.4, 0.5) is 10.1 Å². The average Bonchev–Trinajstić information content (AvgIpc) is 2.43. The van der Waals surface area contributed by atoms with Crippen molar-refractivity contribution in [3.63, 3.8) is 0 Å². The molecule has 9 heteroatoms. The average molecular weight is 388 g/mol. The fourth-order valence-electron chi connectivity index (χ4n) is 1.98. The van der Waals surface area contributed by atoms with E-state index in [4.69, 9.17) is 46.4 Å². The zero-order chi connectivity index (χ0) is 16.7. The topological polar surface area (TPSA) is 54.3 Å². The van der Waals surface area contributed by atoms with Gasteiger partial charge in [0.1, 0.15) is 11.5 Å². The lowest BCUT2D eigenvalue weighted by molar-refractivity contribution is 0.208. The summed E-state index contributed by atoms with van der Waals surface area (Å²) >= 11 is 22.4. The summed E-state index contributed by atoms with van der Waals surface area (Å²) < 4.78 is 13.3. The van der Waals surface area contributed by atoms with Gasteiger partial charge in [-0.3, -0.25) is 4.79 Å². The Balaban J connectivity index is 2.65. The normalized spacial score (nSPS) is 13.4. The number of aromatic nitrogens is 1. The van der Waals surface area contributed by atoms with E-state index in [0.29, 0.717) is 12.1 Å². The van der Waals surface area contributed by atoms with E-state index in [2.05, 4.69) is 5.32 Å². The third-order valence-electron chi connectivity index (χ3n) is 3.07. The number of fused-ring (bicyclic) bond motifs is 1. The predicted molar refractivity (Wildman–Crippen MR) is 88.8 cm³/mol. The number of hydrogen-bond acceptors (Lipinski definition) is 3. The second-order valence-electron chi connectivity index (χ2n) is 4.53. The van der Waals surface area contributed by atoms with Crippen LogP contribution in [0.25, 0.3) is 10.9 Å². The molecule has 120 valence electrons. The smallest absolute Gasteiger partial charge is 0.234 e. The van der Waals surface area contributed by atoms with Crippen LogP contribution < -0.4 is 10.7 Å². The standard InChI is InChI=1S/C13H11Cl4FN2O2/c1-2-20-5-9(19-12(22)13(15,16)17)11(21)6-3-8(18)7(14)4-10(6)20/h3-5,12,19,22H,2H2,1H3. The molecule has 0 bridgehead atoms. The first-order valence-electron chi connectivity index (χ1n) is 6.18. The summed E-state index contributed by atoms with van der Waals surface area (Å²) in [6, 6.07) is 2.41. The molecular formula is C13H11Cl4FN2O2. The lowest BCUT2D eigenvalue weighted by atomic mass is 10.2. The monoisotopic (exact) mass is 386 g/mol. The lowest BCUT2D eigenvalue weighted by Gasteiger charge is -2.22. The second kappa shape index (κ2) is 6.42. The number of aliphatic hydroxyl groups excluding tert-OH is 1. The minimum Gasteiger partial charge on any atom is -0.370 e. The molecule has 0 spiro atoms. The second-order valence-corrected chi connectivity index (χ2v) is 7.31. The van der Waals surface area contributed by atoms with Gasteiger partial charge in [-0.2, -0.15) is 0 Å². The van der Waals surface area contributed by atoms with E-state index in [0.717, 1.165) is 6.07 Å². The fourth-order valence-corrected chi connectivity index (χ4v) is 2.30. The Morgan fingerprint density at radius 3 is 2.59 bits per heavy atom. The number of nitrogens with one attached hydrogen (secondary N) is 1. The predicted octanol–water partition coefficient (Wildman–Crippen LogP) is 3.91. The quantitative estimate of drug-likeness (QED) is 0.620. The van der Waals surface area contributed by atoms with Crippen molar-refractivity contribution >= 4 is 63.0 Å². The van der Waals surface area contributed by atoms with Crippen molar-refractivity contribution in [1.82, 2.24) is 4.57 Å². The highest BCUT2D eigenvalue weighted by Gasteiger charge is 2.31. The zero-order valence-electron chi connectivity index (χ0n) is 11.2. The van der Waals surface area contributed by atoms with E-state index in [1.54, 1.807) is 4.57 Å². The van der Waals surface area contributed by atoms with Gasteiger partial charge in [-0.05, 0) is 19.1 Å². The number of aliphatic hydroxyl groups is 1. The molecule has 4 nitrogen and oxygen atoms in total. The Bertz CT molecular complexity index is 773. The molecule has 0 radical (unpaired) electrons. The van der Waals surface area contributed by atoms with Crippen LogP contribution in [0.2, 0.25) is 5.02 Å². The molecule has 1 aromatic carbocycles. The molecule has 1 aromatic heterocycles. The summed E-state index contributed by atoms with van der Waals surface area (Å²) in [4.78, 5) is 12.4. The first-order valence-corrected chi connectivity index (χ1v) is 7.69. The van der Waals surface area contributed by atoms with Gasteiger partial charge in [0.2, 0.25) is 9.22 Å². The number of anilines is 1. The minimum absolute atomic E-state index is 0.0186. The molecule has 0 amide bonds. The first-order chi connectivity index (χ1) is 10.1. The molecule has 0 aliphatic rings. The third kappa shape index (κ3) is 3.44. The largest absolute Gasteiger partial charge is 0.370 e. The Morgan fingerprint density at radius 2 is 2.05 bits per heavy atom. The summed E-state index contributed by atoms with van der Waals surface area (Å²) in [5.74, 6) is -0.715. The molecular weight excluding hydrogens is 377 g/mol. The molecule has 0 saturated carbocycles. The molecule has 0 saturated heterocycles. The first kappa shape index (κ1) is 17.6. The van der Waals surface area contributed by atoms with Crippen LogP contribution >= 0.6 is 46.4 Å². The number of pyridine rings is 1. The van der Waals surface area contributed by atoms with Gasteiger partial charge in [-0.25, -0.2) is 4.39 Å². The number of rotatable bonds is 3.